The van der Waals surface area contributed by atoms with Crippen LogP contribution in [0.4, 0.5) is 8.78 Å². The van der Waals surface area contributed by atoms with E-state index in [9.17, 15) is 13.6 Å². The van der Waals surface area contributed by atoms with Crippen molar-refractivity contribution in [2.75, 3.05) is 7.05 Å². The molecule has 0 unspecified atom stereocenters. The summed E-state index contributed by atoms with van der Waals surface area (Å²) >= 11 is 0. The van der Waals surface area contributed by atoms with Gasteiger partial charge in [-0.3, -0.25) is 9.36 Å². The molecule has 0 fully saturated rings. The van der Waals surface area contributed by atoms with Gasteiger partial charge in [0, 0.05) is 13.1 Å². The van der Waals surface area contributed by atoms with Crippen molar-refractivity contribution in [3.05, 3.63) is 41.7 Å². The van der Waals surface area contributed by atoms with Gasteiger partial charge in [-0.15, -0.1) is 0 Å². The average Bonchev–Trinajstić information content (AvgIpc) is 2.75. The van der Waals surface area contributed by atoms with E-state index in [1.807, 2.05) is 0 Å². The van der Waals surface area contributed by atoms with Gasteiger partial charge in [0.15, 0.2) is 0 Å². The summed E-state index contributed by atoms with van der Waals surface area (Å²) in [6, 6.07) is 6.70. The van der Waals surface area contributed by atoms with Crippen LogP contribution < -0.4 is 0 Å². The predicted octanol–water partition coefficient (Wildman–Crippen LogP) is 3.36. The van der Waals surface area contributed by atoms with Crippen molar-refractivity contribution >= 4 is 16.9 Å². The van der Waals surface area contributed by atoms with Gasteiger partial charge in [0.25, 0.3) is 0 Å². The molecule has 1 amide bonds. The lowest BCUT2D eigenvalue weighted by Crippen LogP contribution is -2.26. The van der Waals surface area contributed by atoms with Gasteiger partial charge in [0.1, 0.15) is 5.82 Å². The molecule has 1 heterocycles. The van der Waals surface area contributed by atoms with Gasteiger partial charge >= 0.3 is 6.55 Å². The van der Waals surface area contributed by atoms with Crippen LogP contribution in [0.25, 0.3) is 11.0 Å². The van der Waals surface area contributed by atoms with E-state index in [0.29, 0.717) is 11.0 Å². The van der Waals surface area contributed by atoms with Crippen LogP contribution in [0.1, 0.15) is 26.2 Å². The second kappa shape index (κ2) is 6.03. The van der Waals surface area contributed by atoms with Crippen molar-refractivity contribution in [2.45, 2.75) is 26.9 Å². The molecule has 0 N–H and O–H groups in total. The lowest BCUT2D eigenvalue weighted by atomic mass is 10.3. The summed E-state index contributed by atoms with van der Waals surface area (Å²) in [7, 11) is 1.57. The lowest BCUT2D eigenvalue weighted by molar-refractivity contribution is -0.125. The van der Waals surface area contributed by atoms with Crippen molar-refractivity contribution in [3.8, 4) is 0 Å². The zero-order chi connectivity index (χ0) is 15.6. The number of imidazole rings is 1. The summed E-state index contributed by atoms with van der Waals surface area (Å²) in [4.78, 5) is 17.5. The number of fused-ring (bicyclic) bond motifs is 1. The number of para-hydroxylation sites is 2. The first kappa shape index (κ1) is 15.2. The fourth-order valence-corrected chi connectivity index (χ4v) is 2.07. The molecule has 1 aromatic heterocycles. The van der Waals surface area contributed by atoms with Crippen molar-refractivity contribution < 1.29 is 13.6 Å². The zero-order valence-electron chi connectivity index (χ0n) is 12.2. The minimum absolute atomic E-state index is 0.0294. The number of hydrogen-bond acceptors (Lipinski definition) is 2. The third-order valence-electron chi connectivity index (χ3n) is 3.03. The molecular weight excluding hydrogens is 276 g/mol. The van der Waals surface area contributed by atoms with Crippen LogP contribution in [0.15, 0.2) is 35.9 Å². The molecule has 112 valence electrons. The van der Waals surface area contributed by atoms with E-state index in [4.69, 9.17) is 0 Å². The first-order valence-corrected chi connectivity index (χ1v) is 6.54. The first-order chi connectivity index (χ1) is 9.90. The number of halogens is 2. The molecule has 1 aromatic carbocycles. The molecule has 0 aliphatic carbocycles. The molecular formula is C15H17F2N3O. The minimum Gasteiger partial charge on any atom is -0.335 e. The summed E-state index contributed by atoms with van der Waals surface area (Å²) < 4.78 is 27.4. The Labute approximate surface area is 121 Å². The van der Waals surface area contributed by atoms with E-state index in [2.05, 4.69) is 4.98 Å². The van der Waals surface area contributed by atoms with E-state index >= 15 is 0 Å². The van der Waals surface area contributed by atoms with E-state index in [-0.39, 0.29) is 18.3 Å². The van der Waals surface area contributed by atoms with Gasteiger partial charge in [-0.25, -0.2) is 4.98 Å². The topological polar surface area (TPSA) is 38.1 Å². The van der Waals surface area contributed by atoms with Crippen LogP contribution in [-0.4, -0.2) is 27.4 Å². The summed E-state index contributed by atoms with van der Waals surface area (Å²) in [5.41, 5.74) is 1.72. The number of rotatable bonds is 4. The number of nitrogens with zero attached hydrogens (tertiary/aromatic N) is 3. The standard InChI is InChI=1S/C15H17F2N3O/c1-10(2)8-14(21)19(3)9-13-18-11-6-4-5-7-12(11)20(13)15(16)17/h4-8,15H,9H2,1-3H3. The fourth-order valence-electron chi connectivity index (χ4n) is 2.07. The average molecular weight is 293 g/mol. The van der Waals surface area contributed by atoms with Crippen LogP contribution in [0.5, 0.6) is 0 Å². The van der Waals surface area contributed by atoms with Gasteiger partial charge in [0.05, 0.1) is 17.6 Å². The number of carbonyl (C=O) groups excluding carboxylic acids is 1. The molecule has 0 spiro atoms. The molecule has 0 atom stereocenters. The Morgan fingerprint density at radius 2 is 2.05 bits per heavy atom. The second-order valence-electron chi connectivity index (χ2n) is 5.08. The number of allylic oxidation sites excluding steroid dienone is 1. The number of hydrogen-bond donors (Lipinski definition) is 0. The Kier molecular flexibility index (Phi) is 4.35. The zero-order valence-corrected chi connectivity index (χ0v) is 12.2. The Morgan fingerprint density at radius 3 is 2.67 bits per heavy atom. The van der Waals surface area contributed by atoms with E-state index in [0.717, 1.165) is 10.1 Å². The maximum atomic E-state index is 13.3. The largest absolute Gasteiger partial charge is 0.335 e. The van der Waals surface area contributed by atoms with Crippen molar-refractivity contribution in [2.24, 2.45) is 0 Å². The molecule has 6 heteroatoms. The molecule has 0 aliphatic heterocycles. The number of likely N-dealkylation sites (N-methyl/N-ethyl adjacent to an activating group) is 1. The highest BCUT2D eigenvalue weighted by molar-refractivity contribution is 5.88. The lowest BCUT2D eigenvalue weighted by Gasteiger charge is -2.16. The summed E-state index contributed by atoms with van der Waals surface area (Å²) in [6.45, 7) is 0.946. The summed E-state index contributed by atoms with van der Waals surface area (Å²) in [5.74, 6) is -0.0629. The highest BCUT2D eigenvalue weighted by Crippen LogP contribution is 2.23. The van der Waals surface area contributed by atoms with Crippen LogP contribution >= 0.6 is 0 Å². The molecule has 2 aromatic rings. The van der Waals surface area contributed by atoms with Crippen LogP contribution in [0, 0.1) is 0 Å². The number of carbonyl (C=O) groups is 1. The molecule has 0 saturated carbocycles. The summed E-state index contributed by atoms with van der Waals surface area (Å²) in [5, 5.41) is 0. The molecule has 2 rings (SSSR count). The maximum Gasteiger partial charge on any atom is 0.320 e. The second-order valence-corrected chi connectivity index (χ2v) is 5.08. The highest BCUT2D eigenvalue weighted by Gasteiger charge is 2.19. The van der Waals surface area contributed by atoms with Gasteiger partial charge in [-0.05, 0) is 26.0 Å². The smallest absolute Gasteiger partial charge is 0.320 e. The third kappa shape index (κ3) is 3.26. The van der Waals surface area contributed by atoms with Crippen LogP contribution in [0.3, 0.4) is 0 Å². The molecule has 0 radical (unpaired) electrons. The number of amides is 1. The van der Waals surface area contributed by atoms with Gasteiger partial charge < -0.3 is 4.90 Å². The Hall–Kier alpha value is -2.24. The van der Waals surface area contributed by atoms with E-state index in [1.165, 1.54) is 11.0 Å². The monoisotopic (exact) mass is 293 g/mol. The minimum atomic E-state index is -2.70. The predicted molar refractivity (Wildman–Crippen MR) is 76.9 cm³/mol. The van der Waals surface area contributed by atoms with Crippen LogP contribution in [-0.2, 0) is 11.3 Å². The molecule has 0 saturated heterocycles. The van der Waals surface area contributed by atoms with Crippen molar-refractivity contribution in [1.29, 1.82) is 0 Å². The SMILES string of the molecule is CC(C)=CC(=O)N(C)Cc1nc2ccccc2n1C(F)F. The molecule has 0 aliphatic rings. The molecule has 21 heavy (non-hydrogen) atoms. The molecule has 4 nitrogen and oxygen atoms in total. The number of aromatic nitrogens is 2. The highest BCUT2D eigenvalue weighted by atomic mass is 19.3. The van der Waals surface area contributed by atoms with Crippen molar-refractivity contribution in [1.82, 2.24) is 14.5 Å². The quantitative estimate of drug-likeness (QED) is 0.811. The fraction of sp³-hybridized carbons (Fsp3) is 0.333. The Morgan fingerprint density at radius 1 is 1.38 bits per heavy atom. The number of benzene rings is 1. The summed E-state index contributed by atoms with van der Waals surface area (Å²) in [6.07, 6.45) is 1.47. The normalized spacial score (nSPS) is 11.0. The van der Waals surface area contributed by atoms with Gasteiger partial charge in [-0.1, -0.05) is 17.7 Å². The molecule has 0 bridgehead atoms. The van der Waals surface area contributed by atoms with Crippen molar-refractivity contribution in [3.63, 3.8) is 0 Å². The maximum absolute atomic E-state index is 13.3. The van der Waals surface area contributed by atoms with E-state index in [1.54, 1.807) is 45.2 Å². The number of alkyl halides is 2. The Balaban J connectivity index is 2.36. The van der Waals surface area contributed by atoms with Gasteiger partial charge in [-0.2, -0.15) is 8.78 Å². The van der Waals surface area contributed by atoms with E-state index < -0.39 is 6.55 Å². The van der Waals surface area contributed by atoms with Gasteiger partial charge in [0.2, 0.25) is 5.91 Å². The third-order valence-corrected chi connectivity index (χ3v) is 3.03. The first-order valence-electron chi connectivity index (χ1n) is 6.54. The van der Waals surface area contributed by atoms with Crippen LogP contribution in [0.2, 0.25) is 0 Å². The Bertz CT molecular complexity index is 687.